The number of benzene rings is 2. The molecule has 0 bridgehead atoms. The quantitative estimate of drug-likeness (QED) is 0.564. The van der Waals surface area contributed by atoms with E-state index in [0.717, 1.165) is 17.5 Å². The molecule has 3 aromatic rings. The van der Waals surface area contributed by atoms with Crippen LogP contribution in [0, 0.1) is 5.92 Å². The summed E-state index contributed by atoms with van der Waals surface area (Å²) in [5.41, 5.74) is 2.50. The summed E-state index contributed by atoms with van der Waals surface area (Å²) in [4.78, 5) is 16.6. The molecular weight excluding hydrogens is 414 g/mol. The lowest BCUT2D eigenvalue weighted by Gasteiger charge is -2.09. The Morgan fingerprint density at radius 2 is 1.71 bits per heavy atom. The Morgan fingerprint density at radius 1 is 1.03 bits per heavy atom. The predicted octanol–water partition coefficient (Wildman–Crippen LogP) is 3.31. The van der Waals surface area contributed by atoms with E-state index < -0.39 is 10.0 Å². The van der Waals surface area contributed by atoms with Crippen molar-refractivity contribution < 1.29 is 17.9 Å². The van der Waals surface area contributed by atoms with Gasteiger partial charge in [-0.1, -0.05) is 12.1 Å². The summed E-state index contributed by atoms with van der Waals surface area (Å²) in [5.74, 6) is 0.791. The Labute approximate surface area is 181 Å². The minimum atomic E-state index is -3.67. The van der Waals surface area contributed by atoms with Gasteiger partial charge >= 0.3 is 0 Å². The van der Waals surface area contributed by atoms with E-state index in [2.05, 4.69) is 15.0 Å². The molecule has 1 heterocycles. The molecule has 8 heteroatoms. The second kappa shape index (κ2) is 8.87. The third-order valence-corrected chi connectivity index (χ3v) is 6.74. The second-order valence-corrected chi connectivity index (χ2v) is 9.18. The number of hydrogen-bond donors (Lipinski definition) is 2. The number of hydrogen-bond acceptors (Lipinski definition) is 5. The van der Waals surface area contributed by atoms with Gasteiger partial charge in [0.2, 0.25) is 15.9 Å². The number of ether oxygens (including phenoxy) is 1. The molecule has 2 N–H and O–H groups in total. The van der Waals surface area contributed by atoms with Crippen LogP contribution in [0.5, 0.6) is 5.75 Å². The first kappa shape index (κ1) is 21.0. The van der Waals surface area contributed by atoms with Crippen molar-refractivity contribution in [2.45, 2.75) is 23.8 Å². The lowest BCUT2D eigenvalue weighted by molar-refractivity contribution is -0.117. The Bertz CT molecular complexity index is 1150. The summed E-state index contributed by atoms with van der Waals surface area (Å²) in [6, 6.07) is 17.2. The number of methoxy groups -OCH3 is 1. The summed E-state index contributed by atoms with van der Waals surface area (Å²) < 4.78 is 32.8. The number of pyridine rings is 1. The fraction of sp³-hybridized carbons (Fsp3) is 0.217. The highest BCUT2D eigenvalue weighted by molar-refractivity contribution is 7.89. The summed E-state index contributed by atoms with van der Waals surface area (Å²) in [5, 5.41) is 2.87. The minimum Gasteiger partial charge on any atom is -0.497 e. The summed E-state index contributed by atoms with van der Waals surface area (Å²) in [6.07, 6.45) is 4.26. The van der Waals surface area contributed by atoms with Crippen LogP contribution in [0.1, 0.15) is 23.5 Å². The van der Waals surface area contributed by atoms with Crippen molar-refractivity contribution in [2.75, 3.05) is 12.4 Å². The highest BCUT2D eigenvalue weighted by atomic mass is 32.2. The molecule has 0 aliphatic heterocycles. The van der Waals surface area contributed by atoms with Gasteiger partial charge in [-0.3, -0.25) is 9.78 Å². The van der Waals surface area contributed by atoms with E-state index in [1.54, 1.807) is 55.9 Å². The molecule has 31 heavy (non-hydrogen) atoms. The molecule has 0 radical (unpaired) electrons. The van der Waals surface area contributed by atoms with Crippen molar-refractivity contribution in [3.05, 3.63) is 84.2 Å². The third kappa shape index (κ3) is 5.10. The number of nitrogens with one attached hydrogen (secondary N) is 2. The molecule has 1 amide bonds. The van der Waals surface area contributed by atoms with E-state index in [0.29, 0.717) is 11.4 Å². The second-order valence-electron chi connectivity index (χ2n) is 7.42. The maximum absolute atomic E-state index is 12.6. The number of carbonyl (C=O) groups is 1. The van der Waals surface area contributed by atoms with E-state index in [1.165, 1.54) is 12.1 Å². The van der Waals surface area contributed by atoms with Gasteiger partial charge in [-0.2, -0.15) is 0 Å². The average molecular weight is 438 g/mol. The molecule has 1 aliphatic rings. The molecule has 2 unspecified atom stereocenters. The number of carbonyl (C=O) groups excluding carboxylic acids is 1. The summed E-state index contributed by atoms with van der Waals surface area (Å²) >= 11 is 0. The van der Waals surface area contributed by atoms with Crippen LogP contribution in [0.15, 0.2) is 78.0 Å². The maximum atomic E-state index is 12.6. The highest BCUT2D eigenvalue weighted by Crippen LogP contribution is 2.47. The SMILES string of the molecule is COc1ccc(CNS(=O)(=O)c2ccc(NC(=O)C3CC3c3ccncc3)cc2)cc1. The zero-order valence-corrected chi connectivity index (χ0v) is 17.8. The molecule has 2 atom stereocenters. The van der Waals surface area contributed by atoms with E-state index in [9.17, 15) is 13.2 Å². The van der Waals surface area contributed by atoms with Gasteiger partial charge in [0.1, 0.15) is 5.75 Å². The van der Waals surface area contributed by atoms with Gasteiger partial charge in [0.05, 0.1) is 12.0 Å². The van der Waals surface area contributed by atoms with E-state index in [4.69, 9.17) is 4.74 Å². The molecule has 7 nitrogen and oxygen atoms in total. The van der Waals surface area contributed by atoms with Gasteiger partial charge in [0, 0.05) is 30.5 Å². The van der Waals surface area contributed by atoms with Crippen LogP contribution in [0.25, 0.3) is 0 Å². The zero-order valence-electron chi connectivity index (χ0n) is 17.0. The largest absolute Gasteiger partial charge is 0.497 e. The molecule has 1 fully saturated rings. The van der Waals surface area contributed by atoms with Crippen LogP contribution in [0.3, 0.4) is 0 Å². The molecule has 1 aliphatic carbocycles. The molecule has 2 aromatic carbocycles. The molecular formula is C23H23N3O4S. The predicted molar refractivity (Wildman–Crippen MR) is 117 cm³/mol. The molecule has 1 saturated carbocycles. The van der Waals surface area contributed by atoms with Gasteiger partial charge in [0.15, 0.2) is 0 Å². The van der Waals surface area contributed by atoms with Crippen molar-refractivity contribution in [1.29, 1.82) is 0 Å². The first-order chi connectivity index (χ1) is 15.0. The fourth-order valence-corrected chi connectivity index (χ4v) is 4.44. The number of nitrogens with zero attached hydrogens (tertiary/aromatic N) is 1. The normalized spacial score (nSPS) is 17.7. The number of aromatic nitrogens is 1. The standard InChI is InChI=1S/C23H23N3O4S/c1-30-19-6-2-16(3-7-19)15-25-31(28,29)20-8-4-18(5-9-20)26-23(27)22-14-21(22)17-10-12-24-13-11-17/h2-13,21-22,25H,14-15H2,1H3,(H,26,27). The van der Waals surface area contributed by atoms with Crippen LogP contribution in [0.4, 0.5) is 5.69 Å². The number of rotatable bonds is 8. The van der Waals surface area contributed by atoms with Crippen LogP contribution in [0.2, 0.25) is 0 Å². The number of amides is 1. The Kier molecular flexibility index (Phi) is 6.01. The molecule has 160 valence electrons. The first-order valence-electron chi connectivity index (χ1n) is 9.90. The maximum Gasteiger partial charge on any atom is 0.240 e. The Hall–Kier alpha value is -3.23. The zero-order chi connectivity index (χ0) is 21.8. The van der Waals surface area contributed by atoms with E-state index >= 15 is 0 Å². The fourth-order valence-electron chi connectivity index (χ4n) is 3.42. The monoisotopic (exact) mass is 437 g/mol. The van der Waals surface area contributed by atoms with E-state index in [1.807, 2.05) is 12.1 Å². The van der Waals surface area contributed by atoms with Gasteiger partial charge in [-0.05, 0) is 72.0 Å². The van der Waals surface area contributed by atoms with Gasteiger partial charge < -0.3 is 10.1 Å². The Balaban J connectivity index is 1.33. The first-order valence-corrected chi connectivity index (χ1v) is 11.4. The number of sulfonamides is 1. The van der Waals surface area contributed by atoms with Crippen molar-refractivity contribution in [1.82, 2.24) is 9.71 Å². The Morgan fingerprint density at radius 3 is 2.35 bits per heavy atom. The van der Waals surface area contributed by atoms with Crippen LogP contribution in [-0.2, 0) is 21.4 Å². The average Bonchev–Trinajstić information content (AvgIpc) is 3.60. The van der Waals surface area contributed by atoms with Crippen molar-refractivity contribution >= 4 is 21.6 Å². The van der Waals surface area contributed by atoms with Crippen molar-refractivity contribution in [3.8, 4) is 5.75 Å². The van der Waals surface area contributed by atoms with Crippen LogP contribution in [-0.4, -0.2) is 26.4 Å². The lowest BCUT2D eigenvalue weighted by Crippen LogP contribution is -2.23. The molecule has 0 spiro atoms. The number of anilines is 1. The van der Waals surface area contributed by atoms with E-state index in [-0.39, 0.29) is 29.2 Å². The lowest BCUT2D eigenvalue weighted by atomic mass is 10.1. The van der Waals surface area contributed by atoms with Crippen molar-refractivity contribution in [2.24, 2.45) is 5.92 Å². The molecule has 4 rings (SSSR count). The smallest absolute Gasteiger partial charge is 0.240 e. The molecule has 1 aromatic heterocycles. The highest BCUT2D eigenvalue weighted by Gasteiger charge is 2.43. The summed E-state index contributed by atoms with van der Waals surface area (Å²) in [6.45, 7) is 0.170. The molecule has 0 saturated heterocycles. The minimum absolute atomic E-state index is 0.0601. The summed E-state index contributed by atoms with van der Waals surface area (Å²) in [7, 11) is -2.09. The van der Waals surface area contributed by atoms with Crippen molar-refractivity contribution in [3.63, 3.8) is 0 Å². The van der Waals surface area contributed by atoms with Gasteiger partial charge in [0.25, 0.3) is 0 Å². The van der Waals surface area contributed by atoms with Crippen LogP contribution >= 0.6 is 0 Å². The third-order valence-electron chi connectivity index (χ3n) is 5.32. The van der Waals surface area contributed by atoms with Gasteiger partial charge in [-0.15, -0.1) is 0 Å². The topological polar surface area (TPSA) is 97.4 Å². The van der Waals surface area contributed by atoms with Crippen LogP contribution < -0.4 is 14.8 Å². The van der Waals surface area contributed by atoms with Gasteiger partial charge in [-0.25, -0.2) is 13.1 Å².